The first-order chi connectivity index (χ1) is 11.6. The number of carbonyl (C=O) groups excluding carboxylic acids is 1. The van der Waals surface area contributed by atoms with E-state index in [1.807, 2.05) is 6.07 Å². The Bertz CT molecular complexity index is 1020. The largest absolute Gasteiger partial charge is 0.324 e. The minimum Gasteiger partial charge on any atom is -0.324 e. The highest BCUT2D eigenvalue weighted by molar-refractivity contribution is 5.94. The molecule has 0 aliphatic heterocycles. The molecule has 0 unspecified atom stereocenters. The maximum absolute atomic E-state index is 12.5. The van der Waals surface area contributed by atoms with Crippen molar-refractivity contribution in [2.75, 3.05) is 5.32 Å². The van der Waals surface area contributed by atoms with Crippen LogP contribution in [0.1, 0.15) is 18.5 Å². The molecule has 1 heterocycles. The number of amides is 1. The summed E-state index contributed by atoms with van der Waals surface area (Å²) in [5.41, 5.74) is 1.42. The molecule has 0 aliphatic carbocycles. The van der Waals surface area contributed by atoms with Gasteiger partial charge in [-0.25, -0.2) is 0 Å². The highest BCUT2D eigenvalue weighted by Crippen LogP contribution is 2.16. The molecule has 0 aliphatic rings. The van der Waals surface area contributed by atoms with E-state index in [2.05, 4.69) is 10.4 Å². The molecule has 2 aromatic carbocycles. The van der Waals surface area contributed by atoms with Crippen LogP contribution in [0.15, 0.2) is 59.5 Å². The van der Waals surface area contributed by atoms with Gasteiger partial charge < -0.3 is 5.32 Å². The second-order valence-electron chi connectivity index (χ2n) is 5.33. The maximum Gasteiger partial charge on any atom is 0.248 e. The molecule has 1 N–H and O–H groups in total. The summed E-state index contributed by atoms with van der Waals surface area (Å²) in [5, 5.41) is 16.3. The van der Waals surface area contributed by atoms with Crippen LogP contribution in [-0.2, 0) is 4.79 Å². The number of nitrogens with one attached hydrogen (secondary N) is 1. The normalized spacial score (nSPS) is 11.7. The highest BCUT2D eigenvalue weighted by atomic mass is 16.2. The molecule has 0 spiro atoms. The Balaban J connectivity index is 1.93. The van der Waals surface area contributed by atoms with Crippen molar-refractivity contribution in [3.8, 4) is 6.07 Å². The third kappa shape index (κ3) is 2.88. The number of carbonyl (C=O) groups is 1. The number of hydrogen-bond acceptors (Lipinski definition) is 4. The molecule has 1 amide bonds. The van der Waals surface area contributed by atoms with Crippen molar-refractivity contribution in [2.45, 2.75) is 13.0 Å². The zero-order valence-electron chi connectivity index (χ0n) is 12.9. The van der Waals surface area contributed by atoms with Gasteiger partial charge in [0.25, 0.3) is 0 Å². The van der Waals surface area contributed by atoms with Crippen LogP contribution in [0, 0.1) is 11.3 Å². The topological polar surface area (TPSA) is 87.8 Å². The lowest BCUT2D eigenvalue weighted by Crippen LogP contribution is -2.26. The Morgan fingerprint density at radius 1 is 1.25 bits per heavy atom. The summed E-state index contributed by atoms with van der Waals surface area (Å²) in [5.74, 6) is -0.286. The van der Waals surface area contributed by atoms with Gasteiger partial charge in [-0.15, -0.1) is 0 Å². The molecule has 0 saturated heterocycles. The molecule has 0 saturated carbocycles. The lowest BCUT2D eigenvalue weighted by Gasteiger charge is -2.17. The van der Waals surface area contributed by atoms with Crippen LogP contribution in [0.2, 0.25) is 0 Å². The summed E-state index contributed by atoms with van der Waals surface area (Å²) in [6, 6.07) is 15.1. The predicted octanol–water partition coefficient (Wildman–Crippen LogP) is 2.47. The van der Waals surface area contributed by atoms with Gasteiger partial charge in [0, 0.05) is 11.1 Å². The zero-order valence-corrected chi connectivity index (χ0v) is 12.9. The van der Waals surface area contributed by atoms with Gasteiger partial charge in [-0.1, -0.05) is 18.2 Å². The number of anilines is 1. The number of aromatic nitrogens is 2. The molecule has 6 nitrogen and oxygen atoms in total. The van der Waals surface area contributed by atoms with Crippen molar-refractivity contribution in [1.82, 2.24) is 9.78 Å². The van der Waals surface area contributed by atoms with Crippen molar-refractivity contribution < 1.29 is 4.79 Å². The second kappa shape index (κ2) is 6.34. The maximum atomic E-state index is 12.5. The summed E-state index contributed by atoms with van der Waals surface area (Å²) in [7, 11) is 0. The van der Waals surface area contributed by atoms with Crippen LogP contribution >= 0.6 is 0 Å². The first-order valence-electron chi connectivity index (χ1n) is 7.38. The van der Waals surface area contributed by atoms with Gasteiger partial charge in [0.05, 0.1) is 23.3 Å². The molecule has 1 aromatic heterocycles. The molecule has 1 atom stereocenters. The first kappa shape index (κ1) is 15.4. The van der Waals surface area contributed by atoms with Gasteiger partial charge in [-0.05, 0) is 37.3 Å². The van der Waals surface area contributed by atoms with E-state index in [4.69, 9.17) is 5.26 Å². The zero-order chi connectivity index (χ0) is 17.1. The molecule has 0 bridgehead atoms. The molecule has 0 fully saturated rings. The Morgan fingerprint density at radius 3 is 2.83 bits per heavy atom. The predicted molar refractivity (Wildman–Crippen MR) is 90.5 cm³/mol. The summed E-state index contributed by atoms with van der Waals surface area (Å²) >= 11 is 0. The molecule has 6 heteroatoms. The lowest BCUT2D eigenvalue weighted by atomic mass is 10.2. The summed E-state index contributed by atoms with van der Waals surface area (Å²) in [4.78, 5) is 24.4. The van der Waals surface area contributed by atoms with Gasteiger partial charge >= 0.3 is 0 Å². The minimum atomic E-state index is -0.624. The van der Waals surface area contributed by atoms with E-state index < -0.39 is 6.04 Å². The summed E-state index contributed by atoms with van der Waals surface area (Å²) in [6.07, 6.45) is 1.21. The van der Waals surface area contributed by atoms with E-state index in [-0.39, 0.29) is 11.3 Å². The van der Waals surface area contributed by atoms with Crippen molar-refractivity contribution in [1.29, 1.82) is 5.26 Å². The van der Waals surface area contributed by atoms with Crippen LogP contribution in [-0.4, -0.2) is 15.7 Å². The van der Waals surface area contributed by atoms with Crippen molar-refractivity contribution in [3.05, 3.63) is 70.5 Å². The van der Waals surface area contributed by atoms with E-state index in [1.54, 1.807) is 55.5 Å². The highest BCUT2D eigenvalue weighted by Gasteiger charge is 2.18. The van der Waals surface area contributed by atoms with Gasteiger partial charge in [-0.3, -0.25) is 14.3 Å². The minimum absolute atomic E-state index is 0.184. The van der Waals surface area contributed by atoms with Crippen LogP contribution in [0.3, 0.4) is 0 Å². The number of rotatable bonds is 3. The summed E-state index contributed by atoms with van der Waals surface area (Å²) < 4.78 is 1.51. The van der Waals surface area contributed by atoms with Gasteiger partial charge in [0.15, 0.2) is 0 Å². The first-order valence-corrected chi connectivity index (χ1v) is 7.38. The molecule has 3 aromatic rings. The standard InChI is InChI=1S/C18H14N4O2/c1-12(18(24)21-14-6-4-5-13(9-14)10-19)22-16-8-3-2-7-15(16)17(23)11-20-22/h2-9,11-12H,1H3,(H,21,24)/t12-/m1/s1. The quantitative estimate of drug-likeness (QED) is 0.803. The van der Waals surface area contributed by atoms with Crippen LogP contribution in [0.25, 0.3) is 10.9 Å². The fourth-order valence-electron chi connectivity index (χ4n) is 2.46. The Labute approximate surface area is 138 Å². The third-order valence-electron chi connectivity index (χ3n) is 3.72. The number of fused-ring (bicyclic) bond motifs is 1. The molecule has 3 rings (SSSR count). The fraction of sp³-hybridized carbons (Fsp3) is 0.111. The number of para-hydroxylation sites is 1. The van der Waals surface area contributed by atoms with Crippen molar-refractivity contribution in [3.63, 3.8) is 0 Å². The third-order valence-corrected chi connectivity index (χ3v) is 3.72. The molecular weight excluding hydrogens is 304 g/mol. The number of nitriles is 1. The van der Waals surface area contributed by atoms with E-state index in [1.165, 1.54) is 10.9 Å². The van der Waals surface area contributed by atoms with Crippen molar-refractivity contribution >= 4 is 22.5 Å². The Kier molecular flexibility index (Phi) is 4.08. The lowest BCUT2D eigenvalue weighted by molar-refractivity contribution is -0.119. The van der Waals surface area contributed by atoms with Gasteiger partial charge in [0.2, 0.25) is 11.3 Å². The Morgan fingerprint density at radius 2 is 2.04 bits per heavy atom. The van der Waals surface area contributed by atoms with Crippen LogP contribution in [0.5, 0.6) is 0 Å². The van der Waals surface area contributed by atoms with Crippen molar-refractivity contribution in [2.24, 2.45) is 0 Å². The average Bonchev–Trinajstić information content (AvgIpc) is 2.62. The van der Waals surface area contributed by atoms with E-state index in [0.29, 0.717) is 22.2 Å². The Hall–Kier alpha value is -3.46. The monoisotopic (exact) mass is 318 g/mol. The SMILES string of the molecule is C[C@H](C(=O)Nc1cccc(C#N)c1)n1ncc(=O)c2ccccc21. The van der Waals surface area contributed by atoms with Crippen LogP contribution in [0.4, 0.5) is 5.69 Å². The molecule has 118 valence electrons. The number of benzene rings is 2. The fourth-order valence-corrected chi connectivity index (χ4v) is 2.46. The molecular formula is C18H14N4O2. The molecule has 24 heavy (non-hydrogen) atoms. The second-order valence-corrected chi connectivity index (χ2v) is 5.33. The van der Waals surface area contributed by atoms with Gasteiger partial charge in [0.1, 0.15) is 6.04 Å². The smallest absolute Gasteiger partial charge is 0.248 e. The molecule has 0 radical (unpaired) electrons. The van der Waals surface area contributed by atoms with Crippen LogP contribution < -0.4 is 10.7 Å². The summed E-state index contributed by atoms with van der Waals surface area (Å²) in [6.45, 7) is 1.70. The van der Waals surface area contributed by atoms with E-state index in [0.717, 1.165) is 0 Å². The number of hydrogen-bond donors (Lipinski definition) is 1. The van der Waals surface area contributed by atoms with E-state index in [9.17, 15) is 9.59 Å². The van der Waals surface area contributed by atoms with E-state index >= 15 is 0 Å². The van der Waals surface area contributed by atoms with Gasteiger partial charge in [-0.2, -0.15) is 10.4 Å². The number of nitrogens with zero attached hydrogens (tertiary/aromatic N) is 3. The average molecular weight is 318 g/mol.